The molecule has 0 spiro atoms. The Labute approximate surface area is 116 Å². The number of hydrogen-bond donors (Lipinski definition) is 1. The average Bonchev–Trinajstić information content (AvgIpc) is 2.85. The van der Waals surface area contributed by atoms with Crippen molar-refractivity contribution < 1.29 is 19.1 Å². The summed E-state index contributed by atoms with van der Waals surface area (Å²) in [7, 11) is 0. The van der Waals surface area contributed by atoms with Crippen LogP contribution < -0.4 is 5.73 Å². The van der Waals surface area contributed by atoms with Crippen LogP contribution in [0.5, 0.6) is 0 Å². The van der Waals surface area contributed by atoms with Gasteiger partial charge in [-0.2, -0.15) is 5.10 Å². The van der Waals surface area contributed by atoms with Crippen LogP contribution in [-0.2, 0) is 20.8 Å². The second kappa shape index (κ2) is 9.37. The first-order valence-electron chi connectivity index (χ1n) is 6.29. The molecule has 0 aliphatic carbocycles. The Balaban J connectivity index is 1.95. The van der Waals surface area contributed by atoms with Crippen molar-refractivity contribution in [1.82, 2.24) is 9.78 Å². The molecule has 2 N–H and O–H groups in total. The van der Waals surface area contributed by atoms with Gasteiger partial charge in [-0.1, -0.05) is 0 Å². The summed E-state index contributed by atoms with van der Waals surface area (Å²) in [5, 5.41) is 14.3. The third kappa shape index (κ3) is 7.14. The molecule has 0 saturated heterocycles. The van der Waals surface area contributed by atoms with Crippen LogP contribution in [0.25, 0.3) is 0 Å². The topological polar surface area (TPSA) is 115 Å². The molecule has 1 aromatic rings. The largest absolute Gasteiger partial charge is 0.377 e. The van der Waals surface area contributed by atoms with Gasteiger partial charge < -0.3 is 19.9 Å². The van der Waals surface area contributed by atoms with E-state index in [0.717, 1.165) is 0 Å². The summed E-state index contributed by atoms with van der Waals surface area (Å²) < 4.78 is 17.1. The van der Waals surface area contributed by atoms with Gasteiger partial charge in [0.2, 0.25) is 0 Å². The summed E-state index contributed by atoms with van der Waals surface area (Å²) >= 11 is 0. The van der Waals surface area contributed by atoms with Crippen LogP contribution in [0.3, 0.4) is 0 Å². The maximum Gasteiger partial charge on any atom is 0.306 e. The molecule has 0 aromatic carbocycles. The molecule has 0 aliphatic rings. The maximum atomic E-state index is 10.4. The average molecular weight is 288 g/mol. The number of ether oxygens (including phenoxy) is 3. The van der Waals surface area contributed by atoms with Gasteiger partial charge in [-0.25, -0.2) is 0 Å². The summed E-state index contributed by atoms with van der Waals surface area (Å²) in [6.45, 7) is 4.46. The van der Waals surface area contributed by atoms with E-state index in [2.05, 4.69) is 5.10 Å². The lowest BCUT2D eigenvalue weighted by atomic mass is 10.6. The highest BCUT2D eigenvalue weighted by atomic mass is 16.6. The van der Waals surface area contributed by atoms with Gasteiger partial charge in [-0.15, -0.1) is 0 Å². The monoisotopic (exact) mass is 288 g/mol. The van der Waals surface area contributed by atoms with E-state index in [0.29, 0.717) is 39.6 Å². The van der Waals surface area contributed by atoms with Gasteiger partial charge in [-0.05, 0) is 6.92 Å². The van der Waals surface area contributed by atoms with Gasteiger partial charge >= 0.3 is 5.69 Å². The summed E-state index contributed by atoms with van der Waals surface area (Å²) in [6, 6.07) is 0. The molecule has 0 saturated carbocycles. The Morgan fingerprint density at radius 3 is 2.60 bits per heavy atom. The lowest BCUT2D eigenvalue weighted by Crippen LogP contribution is -2.22. The van der Waals surface area contributed by atoms with Crippen molar-refractivity contribution in [3.63, 3.8) is 0 Å². The summed E-state index contributed by atoms with van der Waals surface area (Å²) in [5.74, 6) is 0. The lowest BCUT2D eigenvalue weighted by Gasteiger charge is -2.08. The van der Waals surface area contributed by atoms with Gasteiger partial charge in [0.05, 0.1) is 44.5 Å². The zero-order chi connectivity index (χ0) is 14.8. The zero-order valence-electron chi connectivity index (χ0n) is 11.4. The highest BCUT2D eigenvalue weighted by molar-refractivity contribution is 5.20. The molecule has 1 unspecified atom stereocenters. The first-order chi connectivity index (χ1) is 9.59. The van der Waals surface area contributed by atoms with Gasteiger partial charge in [0.1, 0.15) is 18.6 Å². The zero-order valence-corrected chi connectivity index (χ0v) is 11.4. The third-order valence-electron chi connectivity index (χ3n) is 2.28. The summed E-state index contributed by atoms with van der Waals surface area (Å²) in [6.07, 6.45) is 2.29. The molecule has 9 heteroatoms. The number of aromatic nitrogens is 2. The van der Waals surface area contributed by atoms with Crippen molar-refractivity contribution in [3.05, 3.63) is 22.5 Å². The number of rotatable bonds is 11. The number of hydrogen-bond acceptors (Lipinski definition) is 7. The fourth-order valence-corrected chi connectivity index (χ4v) is 1.34. The van der Waals surface area contributed by atoms with Crippen LogP contribution in [0.15, 0.2) is 12.4 Å². The van der Waals surface area contributed by atoms with Crippen LogP contribution in [0.1, 0.15) is 6.92 Å². The second-order valence-electron chi connectivity index (χ2n) is 4.02. The Morgan fingerprint density at radius 2 is 2.00 bits per heavy atom. The van der Waals surface area contributed by atoms with Crippen molar-refractivity contribution in [2.45, 2.75) is 19.7 Å². The van der Waals surface area contributed by atoms with Crippen molar-refractivity contribution in [2.75, 3.05) is 33.0 Å². The smallest absolute Gasteiger partial charge is 0.306 e. The number of nitrogens with two attached hydrogens (primary N) is 1. The van der Waals surface area contributed by atoms with Gasteiger partial charge in [0, 0.05) is 0 Å². The Hall–Kier alpha value is -1.55. The molecule has 20 heavy (non-hydrogen) atoms. The Bertz CT molecular complexity index is 396. The molecular formula is C11H20N4O5. The van der Waals surface area contributed by atoms with Crippen LogP contribution in [0.2, 0.25) is 0 Å². The van der Waals surface area contributed by atoms with E-state index in [1.54, 1.807) is 6.92 Å². The van der Waals surface area contributed by atoms with Crippen molar-refractivity contribution >= 4 is 5.69 Å². The van der Waals surface area contributed by atoms with E-state index in [4.69, 9.17) is 19.9 Å². The normalized spacial score (nSPS) is 12.5. The van der Waals surface area contributed by atoms with E-state index < -0.39 is 4.92 Å². The summed E-state index contributed by atoms with van der Waals surface area (Å²) in [4.78, 5) is 9.96. The third-order valence-corrected chi connectivity index (χ3v) is 2.28. The maximum absolute atomic E-state index is 10.4. The SMILES string of the molecule is CC(N)OCCOCCOCCn1cc([N+](=O)[O-])cn1. The molecule has 0 amide bonds. The van der Waals surface area contributed by atoms with E-state index >= 15 is 0 Å². The molecule has 9 nitrogen and oxygen atoms in total. The predicted molar refractivity (Wildman–Crippen MR) is 70.1 cm³/mol. The van der Waals surface area contributed by atoms with Crippen LogP contribution in [-0.4, -0.2) is 54.0 Å². The predicted octanol–water partition coefficient (Wildman–Crippen LogP) is 0.146. The van der Waals surface area contributed by atoms with Crippen molar-refractivity contribution in [2.24, 2.45) is 5.73 Å². The second-order valence-corrected chi connectivity index (χ2v) is 4.02. The van der Waals surface area contributed by atoms with Gasteiger partial charge in [-0.3, -0.25) is 14.8 Å². The minimum atomic E-state index is -0.484. The number of nitrogens with zero attached hydrogens (tertiary/aromatic N) is 3. The van der Waals surface area contributed by atoms with E-state index in [1.165, 1.54) is 17.1 Å². The molecule has 1 aromatic heterocycles. The molecule has 0 aliphatic heterocycles. The van der Waals surface area contributed by atoms with E-state index in [-0.39, 0.29) is 11.9 Å². The van der Waals surface area contributed by atoms with Crippen LogP contribution in [0.4, 0.5) is 5.69 Å². The fourth-order valence-electron chi connectivity index (χ4n) is 1.34. The van der Waals surface area contributed by atoms with E-state index in [9.17, 15) is 10.1 Å². The minimum Gasteiger partial charge on any atom is -0.377 e. The molecular weight excluding hydrogens is 268 g/mol. The lowest BCUT2D eigenvalue weighted by molar-refractivity contribution is -0.385. The molecule has 1 heterocycles. The van der Waals surface area contributed by atoms with Crippen LogP contribution in [0, 0.1) is 10.1 Å². The molecule has 114 valence electrons. The minimum absolute atomic E-state index is 0.0255. The van der Waals surface area contributed by atoms with E-state index in [1.807, 2.05) is 0 Å². The van der Waals surface area contributed by atoms with Crippen molar-refractivity contribution in [3.8, 4) is 0 Å². The molecule has 0 radical (unpaired) electrons. The Morgan fingerprint density at radius 1 is 1.35 bits per heavy atom. The highest BCUT2D eigenvalue weighted by Crippen LogP contribution is 2.07. The fraction of sp³-hybridized carbons (Fsp3) is 0.727. The quantitative estimate of drug-likeness (QED) is 0.266. The Kier molecular flexibility index (Phi) is 7.73. The summed E-state index contributed by atoms with van der Waals surface area (Å²) in [5.41, 5.74) is 5.37. The highest BCUT2D eigenvalue weighted by Gasteiger charge is 2.07. The first kappa shape index (κ1) is 16.5. The molecule has 0 fully saturated rings. The molecule has 1 atom stereocenters. The first-order valence-corrected chi connectivity index (χ1v) is 6.29. The number of nitro groups is 1. The molecule has 1 rings (SSSR count). The van der Waals surface area contributed by atoms with Crippen LogP contribution >= 0.6 is 0 Å². The standard InChI is InChI=1S/C11H20N4O5/c1-10(12)20-7-6-19-5-4-18-3-2-14-9-11(8-13-14)15(16)17/h8-10H,2-7,12H2,1H3. The molecule has 0 bridgehead atoms. The van der Waals surface area contributed by atoms with Gasteiger partial charge in [0.15, 0.2) is 0 Å². The van der Waals surface area contributed by atoms with Gasteiger partial charge in [0.25, 0.3) is 0 Å². The van der Waals surface area contributed by atoms with Crippen molar-refractivity contribution in [1.29, 1.82) is 0 Å².